The molecule has 0 aliphatic carbocycles. The number of halogens is 1. The molecule has 1 aliphatic rings. The Morgan fingerprint density at radius 1 is 1.30 bits per heavy atom. The number of nitrogens with one attached hydrogen (secondary N) is 3. The Balaban J connectivity index is 0.00000364. The molecule has 1 fully saturated rings. The quantitative estimate of drug-likeness (QED) is 0.213. The van der Waals surface area contributed by atoms with Gasteiger partial charge >= 0.3 is 0 Å². The van der Waals surface area contributed by atoms with Crippen molar-refractivity contribution in [3.05, 3.63) is 35.4 Å². The third-order valence-electron chi connectivity index (χ3n) is 4.26. The topological polar surface area (TPSA) is 84.0 Å². The lowest BCUT2D eigenvalue weighted by atomic mass is 10.1. The minimum Gasteiger partial charge on any atom is -0.381 e. The van der Waals surface area contributed by atoms with Crippen LogP contribution < -0.4 is 16.0 Å². The third kappa shape index (κ3) is 8.89. The van der Waals surface area contributed by atoms with Crippen molar-refractivity contribution in [2.75, 3.05) is 47.1 Å². The van der Waals surface area contributed by atoms with Crippen molar-refractivity contribution in [2.45, 2.75) is 19.4 Å². The Morgan fingerprint density at radius 2 is 2.07 bits per heavy atom. The fraction of sp³-hybridized carbons (Fsp3) is 0.579. The second kappa shape index (κ2) is 13.7. The van der Waals surface area contributed by atoms with E-state index in [0.717, 1.165) is 57.3 Å². The number of carbonyl (C=O) groups is 1. The van der Waals surface area contributed by atoms with Gasteiger partial charge in [-0.05, 0) is 30.5 Å². The van der Waals surface area contributed by atoms with Crippen molar-refractivity contribution < 1.29 is 14.3 Å². The SMILES string of the molecule is CN=C(NCCCOCC1CCOC1)NCc1ccc(C(=O)NC)cc1.I. The van der Waals surface area contributed by atoms with Crippen LogP contribution in [0, 0.1) is 5.92 Å². The number of carbonyl (C=O) groups excluding carboxylic acids is 1. The summed E-state index contributed by atoms with van der Waals surface area (Å²) in [5.41, 5.74) is 1.74. The Kier molecular flexibility index (Phi) is 12.0. The maximum atomic E-state index is 11.5. The maximum absolute atomic E-state index is 11.5. The summed E-state index contributed by atoms with van der Waals surface area (Å²) in [5, 5.41) is 9.16. The maximum Gasteiger partial charge on any atom is 0.251 e. The Hall–Kier alpha value is -1.39. The molecule has 0 bridgehead atoms. The predicted octanol–water partition coefficient (Wildman–Crippen LogP) is 1.77. The fourth-order valence-electron chi connectivity index (χ4n) is 2.67. The van der Waals surface area contributed by atoms with Gasteiger partial charge in [0.2, 0.25) is 0 Å². The first-order valence-corrected chi connectivity index (χ1v) is 9.14. The van der Waals surface area contributed by atoms with E-state index in [4.69, 9.17) is 9.47 Å². The fourth-order valence-corrected chi connectivity index (χ4v) is 2.67. The molecule has 1 aliphatic heterocycles. The lowest BCUT2D eigenvalue weighted by Gasteiger charge is -2.13. The normalized spacial score (nSPS) is 16.5. The molecule has 3 N–H and O–H groups in total. The van der Waals surface area contributed by atoms with Gasteiger partial charge in [-0.1, -0.05) is 12.1 Å². The van der Waals surface area contributed by atoms with Gasteiger partial charge in [-0.2, -0.15) is 0 Å². The lowest BCUT2D eigenvalue weighted by molar-refractivity contribution is 0.0888. The average molecular weight is 490 g/mol. The summed E-state index contributed by atoms with van der Waals surface area (Å²) in [5.74, 6) is 1.24. The standard InChI is InChI=1S/C19H30N4O3.HI/c1-20-18(24)17-6-4-15(5-7-17)12-23-19(21-2)22-9-3-10-25-13-16-8-11-26-14-16;/h4-7,16H,3,8-14H2,1-2H3,(H,20,24)(H2,21,22,23);1H. The molecular weight excluding hydrogens is 459 g/mol. The summed E-state index contributed by atoms with van der Waals surface area (Å²) >= 11 is 0. The van der Waals surface area contributed by atoms with Crippen LogP contribution in [0.3, 0.4) is 0 Å². The van der Waals surface area contributed by atoms with Crippen LogP contribution >= 0.6 is 24.0 Å². The van der Waals surface area contributed by atoms with Gasteiger partial charge in [0.05, 0.1) is 13.2 Å². The zero-order chi connectivity index (χ0) is 18.6. The van der Waals surface area contributed by atoms with Crippen molar-refractivity contribution in [1.82, 2.24) is 16.0 Å². The van der Waals surface area contributed by atoms with Gasteiger partial charge in [-0.25, -0.2) is 0 Å². The number of rotatable bonds is 9. The Morgan fingerprint density at radius 3 is 2.70 bits per heavy atom. The summed E-state index contributed by atoms with van der Waals surface area (Å²) < 4.78 is 11.0. The molecule has 1 saturated heterocycles. The first-order chi connectivity index (χ1) is 12.7. The number of hydrogen-bond acceptors (Lipinski definition) is 4. The van der Waals surface area contributed by atoms with Gasteiger partial charge in [0.25, 0.3) is 5.91 Å². The molecule has 0 aromatic heterocycles. The van der Waals surface area contributed by atoms with Gasteiger partial charge in [-0.15, -0.1) is 24.0 Å². The van der Waals surface area contributed by atoms with Gasteiger partial charge in [0.1, 0.15) is 0 Å². The second-order valence-electron chi connectivity index (χ2n) is 6.29. The van der Waals surface area contributed by atoms with Crippen LogP contribution in [-0.4, -0.2) is 58.9 Å². The highest BCUT2D eigenvalue weighted by Gasteiger charge is 2.15. The largest absolute Gasteiger partial charge is 0.381 e. The van der Waals surface area contributed by atoms with E-state index < -0.39 is 0 Å². The molecule has 0 radical (unpaired) electrons. The van der Waals surface area contributed by atoms with E-state index in [-0.39, 0.29) is 29.9 Å². The number of hydrogen-bond donors (Lipinski definition) is 3. The minimum atomic E-state index is -0.0790. The van der Waals surface area contributed by atoms with Crippen LogP contribution in [-0.2, 0) is 16.0 Å². The molecule has 1 heterocycles. The molecule has 1 atom stereocenters. The molecule has 1 unspecified atom stereocenters. The molecule has 2 rings (SSSR count). The monoisotopic (exact) mass is 490 g/mol. The second-order valence-corrected chi connectivity index (χ2v) is 6.29. The summed E-state index contributed by atoms with van der Waals surface area (Å²) in [4.78, 5) is 15.7. The molecule has 0 saturated carbocycles. The van der Waals surface area contributed by atoms with Crippen molar-refractivity contribution in [2.24, 2.45) is 10.9 Å². The molecule has 1 amide bonds. The number of guanidine groups is 1. The molecule has 27 heavy (non-hydrogen) atoms. The van der Waals surface area contributed by atoms with E-state index in [1.54, 1.807) is 14.1 Å². The Labute approximate surface area is 178 Å². The highest BCUT2D eigenvalue weighted by atomic mass is 127. The van der Waals surface area contributed by atoms with Crippen molar-refractivity contribution in [3.63, 3.8) is 0 Å². The van der Waals surface area contributed by atoms with Crippen molar-refractivity contribution in [1.29, 1.82) is 0 Å². The number of aliphatic imine (C=N–C) groups is 1. The summed E-state index contributed by atoms with van der Waals surface area (Å²) in [6, 6.07) is 7.51. The van der Waals surface area contributed by atoms with Gasteiger partial charge in [0.15, 0.2) is 5.96 Å². The summed E-state index contributed by atoms with van der Waals surface area (Å²) in [6.07, 6.45) is 2.04. The molecule has 7 nitrogen and oxygen atoms in total. The smallest absolute Gasteiger partial charge is 0.251 e. The minimum absolute atomic E-state index is 0. The molecule has 152 valence electrons. The van der Waals surface area contributed by atoms with E-state index >= 15 is 0 Å². The highest BCUT2D eigenvalue weighted by molar-refractivity contribution is 14.0. The van der Waals surface area contributed by atoms with Crippen molar-refractivity contribution >= 4 is 35.8 Å². The Bertz CT molecular complexity index is 575. The molecular formula is C19H31IN4O3. The molecule has 0 spiro atoms. The summed E-state index contributed by atoms with van der Waals surface area (Å²) in [7, 11) is 3.38. The molecule has 1 aromatic carbocycles. The number of nitrogens with zero attached hydrogens (tertiary/aromatic N) is 1. The van der Waals surface area contributed by atoms with E-state index in [9.17, 15) is 4.79 Å². The van der Waals surface area contributed by atoms with Gasteiger partial charge < -0.3 is 25.4 Å². The number of benzene rings is 1. The van der Waals surface area contributed by atoms with Gasteiger partial charge in [0, 0.05) is 51.9 Å². The zero-order valence-corrected chi connectivity index (χ0v) is 18.5. The van der Waals surface area contributed by atoms with Crippen LogP contribution in [0.25, 0.3) is 0 Å². The van der Waals surface area contributed by atoms with Crippen LogP contribution in [0.4, 0.5) is 0 Å². The van der Waals surface area contributed by atoms with Crippen molar-refractivity contribution in [3.8, 4) is 0 Å². The van der Waals surface area contributed by atoms with Crippen LogP contribution in [0.2, 0.25) is 0 Å². The number of amides is 1. The average Bonchev–Trinajstić information content (AvgIpc) is 3.20. The van der Waals surface area contributed by atoms with Crippen LogP contribution in [0.15, 0.2) is 29.3 Å². The van der Waals surface area contributed by atoms with E-state index in [1.165, 1.54) is 0 Å². The first-order valence-electron chi connectivity index (χ1n) is 9.14. The van der Waals surface area contributed by atoms with E-state index in [2.05, 4.69) is 20.9 Å². The molecule has 8 heteroatoms. The highest BCUT2D eigenvalue weighted by Crippen LogP contribution is 2.12. The van der Waals surface area contributed by atoms with Gasteiger partial charge in [-0.3, -0.25) is 9.79 Å². The third-order valence-corrected chi connectivity index (χ3v) is 4.26. The first kappa shape index (κ1) is 23.6. The summed E-state index contributed by atoms with van der Waals surface area (Å²) in [6.45, 7) is 4.67. The predicted molar refractivity (Wildman–Crippen MR) is 118 cm³/mol. The van der Waals surface area contributed by atoms with Crippen LogP contribution in [0.5, 0.6) is 0 Å². The number of ether oxygens (including phenoxy) is 2. The van der Waals surface area contributed by atoms with Crippen LogP contribution in [0.1, 0.15) is 28.8 Å². The lowest BCUT2D eigenvalue weighted by Crippen LogP contribution is -2.37. The molecule has 1 aromatic rings. The zero-order valence-electron chi connectivity index (χ0n) is 16.1. The van der Waals surface area contributed by atoms with E-state index in [1.807, 2.05) is 24.3 Å². The van der Waals surface area contributed by atoms with E-state index in [0.29, 0.717) is 18.0 Å².